The molecule has 2 fully saturated rings. The minimum Gasteiger partial charge on any atom is -0.478 e. The highest BCUT2D eigenvalue weighted by Gasteiger charge is 2.32. The third kappa shape index (κ3) is 4.52. The zero-order chi connectivity index (χ0) is 15.9. The van der Waals surface area contributed by atoms with Crippen LogP contribution in [0.5, 0.6) is 0 Å². The Morgan fingerprint density at radius 3 is 2.45 bits per heavy atom. The van der Waals surface area contributed by atoms with Crippen LogP contribution in [0.4, 0.5) is 4.39 Å². The SMILES string of the molecule is O=C(O)c1ccc(F)cc1.OCC1CCCN2CCCCC12. The maximum Gasteiger partial charge on any atom is 0.335 e. The number of nitrogens with zero attached hydrogens (tertiary/aromatic N) is 1. The highest BCUT2D eigenvalue weighted by molar-refractivity contribution is 5.87. The van der Waals surface area contributed by atoms with Crippen molar-refractivity contribution in [1.29, 1.82) is 0 Å². The Labute approximate surface area is 130 Å². The number of halogens is 1. The van der Waals surface area contributed by atoms with Crippen LogP contribution in [0.25, 0.3) is 0 Å². The summed E-state index contributed by atoms with van der Waals surface area (Å²) in [4.78, 5) is 12.8. The van der Waals surface area contributed by atoms with Gasteiger partial charge in [0.05, 0.1) is 5.56 Å². The van der Waals surface area contributed by atoms with Crippen molar-refractivity contribution < 1.29 is 19.4 Å². The van der Waals surface area contributed by atoms with Crippen LogP contribution in [0.15, 0.2) is 24.3 Å². The third-order valence-electron chi connectivity index (χ3n) is 4.55. The van der Waals surface area contributed by atoms with Crippen LogP contribution in [0.2, 0.25) is 0 Å². The Balaban J connectivity index is 0.000000164. The van der Waals surface area contributed by atoms with Crippen LogP contribution in [-0.4, -0.2) is 46.8 Å². The van der Waals surface area contributed by atoms with Crippen molar-refractivity contribution in [3.8, 4) is 0 Å². The van der Waals surface area contributed by atoms with E-state index in [9.17, 15) is 14.3 Å². The van der Waals surface area contributed by atoms with Crippen molar-refractivity contribution in [2.75, 3.05) is 19.7 Å². The van der Waals surface area contributed by atoms with Crippen LogP contribution < -0.4 is 0 Å². The Bertz CT molecular complexity index is 469. The summed E-state index contributed by atoms with van der Waals surface area (Å²) in [7, 11) is 0. The second kappa shape index (κ2) is 8.25. The second-order valence-electron chi connectivity index (χ2n) is 6.00. The summed E-state index contributed by atoms with van der Waals surface area (Å²) in [5.74, 6) is -0.885. The van der Waals surface area contributed by atoms with E-state index in [0.717, 1.165) is 18.2 Å². The highest BCUT2D eigenvalue weighted by Crippen LogP contribution is 2.30. The minimum absolute atomic E-state index is 0.0985. The monoisotopic (exact) mass is 309 g/mol. The smallest absolute Gasteiger partial charge is 0.335 e. The van der Waals surface area contributed by atoms with Crippen molar-refractivity contribution in [2.24, 2.45) is 5.92 Å². The number of hydrogen-bond acceptors (Lipinski definition) is 3. The highest BCUT2D eigenvalue weighted by atomic mass is 19.1. The van der Waals surface area contributed by atoms with Gasteiger partial charge in [-0.15, -0.1) is 0 Å². The predicted molar refractivity (Wildman–Crippen MR) is 82.4 cm³/mol. The Morgan fingerprint density at radius 1 is 1.14 bits per heavy atom. The van der Waals surface area contributed by atoms with Gasteiger partial charge >= 0.3 is 5.97 Å². The van der Waals surface area contributed by atoms with Crippen LogP contribution in [-0.2, 0) is 0 Å². The number of aromatic carboxylic acids is 1. The fourth-order valence-corrected chi connectivity index (χ4v) is 3.38. The summed E-state index contributed by atoms with van der Waals surface area (Å²) in [6.45, 7) is 2.96. The molecule has 0 spiro atoms. The molecule has 1 aromatic carbocycles. The number of piperidine rings is 2. The molecule has 0 aromatic heterocycles. The van der Waals surface area contributed by atoms with Crippen molar-refractivity contribution in [3.63, 3.8) is 0 Å². The molecule has 2 unspecified atom stereocenters. The number of carbonyl (C=O) groups is 1. The number of rotatable bonds is 2. The normalized spacial score (nSPS) is 24.8. The molecule has 0 radical (unpaired) electrons. The van der Waals surface area contributed by atoms with Gasteiger partial charge in [0.15, 0.2) is 0 Å². The standard InChI is InChI=1S/C10H19NO.C7H5FO2/c12-8-9-4-3-7-11-6-2-1-5-10(9)11;8-6-3-1-5(2-4-6)7(9)10/h9-10,12H,1-8H2;1-4H,(H,9,10). The topological polar surface area (TPSA) is 60.8 Å². The van der Waals surface area contributed by atoms with Gasteiger partial charge in [-0.1, -0.05) is 6.42 Å². The van der Waals surface area contributed by atoms with Crippen LogP contribution in [0, 0.1) is 11.7 Å². The van der Waals surface area contributed by atoms with Gasteiger partial charge in [-0.05, 0) is 69.0 Å². The van der Waals surface area contributed by atoms with Crippen LogP contribution in [0.1, 0.15) is 42.5 Å². The van der Waals surface area contributed by atoms with Gasteiger partial charge in [-0.3, -0.25) is 0 Å². The first-order valence-corrected chi connectivity index (χ1v) is 7.95. The van der Waals surface area contributed by atoms with E-state index in [1.807, 2.05) is 0 Å². The van der Waals surface area contributed by atoms with Crippen LogP contribution >= 0.6 is 0 Å². The van der Waals surface area contributed by atoms with E-state index >= 15 is 0 Å². The Hall–Kier alpha value is -1.46. The molecule has 2 N–H and O–H groups in total. The maximum atomic E-state index is 12.2. The second-order valence-corrected chi connectivity index (χ2v) is 6.00. The number of benzene rings is 1. The molecule has 122 valence electrons. The van der Waals surface area contributed by atoms with E-state index in [0.29, 0.717) is 12.5 Å². The summed E-state index contributed by atoms with van der Waals surface area (Å²) >= 11 is 0. The molecule has 2 heterocycles. The molecule has 3 rings (SSSR count). The lowest BCUT2D eigenvalue weighted by Gasteiger charge is -2.43. The lowest BCUT2D eigenvalue weighted by molar-refractivity contribution is 0.0312. The Kier molecular flexibility index (Phi) is 6.34. The van der Waals surface area contributed by atoms with Gasteiger partial charge in [0.1, 0.15) is 5.82 Å². The zero-order valence-corrected chi connectivity index (χ0v) is 12.7. The molecule has 2 saturated heterocycles. The van der Waals surface area contributed by atoms with Crippen molar-refractivity contribution >= 4 is 5.97 Å². The van der Waals surface area contributed by atoms with Crippen molar-refractivity contribution in [3.05, 3.63) is 35.6 Å². The van der Waals surface area contributed by atoms with E-state index in [-0.39, 0.29) is 5.56 Å². The predicted octanol–water partition coefficient (Wildman–Crippen LogP) is 2.77. The van der Waals surface area contributed by atoms with Crippen molar-refractivity contribution in [2.45, 2.75) is 38.1 Å². The van der Waals surface area contributed by atoms with Gasteiger partial charge < -0.3 is 15.1 Å². The van der Waals surface area contributed by atoms with E-state index in [1.165, 1.54) is 57.3 Å². The minimum atomic E-state index is -1.04. The number of hydrogen-bond donors (Lipinski definition) is 2. The average molecular weight is 309 g/mol. The van der Waals surface area contributed by atoms with E-state index < -0.39 is 11.8 Å². The molecule has 0 amide bonds. The quantitative estimate of drug-likeness (QED) is 0.882. The van der Waals surface area contributed by atoms with Gasteiger partial charge in [0, 0.05) is 12.6 Å². The number of carboxylic acids is 1. The van der Waals surface area contributed by atoms with Gasteiger partial charge in [0.25, 0.3) is 0 Å². The molecule has 0 bridgehead atoms. The first-order chi connectivity index (χ1) is 10.6. The molecule has 0 saturated carbocycles. The number of aliphatic hydroxyl groups is 1. The van der Waals surface area contributed by atoms with Crippen LogP contribution in [0.3, 0.4) is 0 Å². The maximum absolute atomic E-state index is 12.2. The molecule has 2 aliphatic rings. The largest absolute Gasteiger partial charge is 0.478 e. The van der Waals surface area contributed by atoms with Gasteiger partial charge in [-0.2, -0.15) is 0 Å². The van der Waals surface area contributed by atoms with E-state index in [2.05, 4.69) is 4.90 Å². The molecular formula is C17H24FNO3. The summed E-state index contributed by atoms with van der Waals surface area (Å²) in [6, 6.07) is 5.39. The third-order valence-corrected chi connectivity index (χ3v) is 4.55. The Morgan fingerprint density at radius 2 is 1.82 bits per heavy atom. The fraction of sp³-hybridized carbons (Fsp3) is 0.588. The number of aliphatic hydroxyl groups excluding tert-OH is 1. The first kappa shape index (κ1) is 16.9. The van der Waals surface area contributed by atoms with Gasteiger partial charge in [0.2, 0.25) is 0 Å². The number of fused-ring (bicyclic) bond motifs is 1. The van der Waals surface area contributed by atoms with Crippen molar-refractivity contribution in [1.82, 2.24) is 4.90 Å². The van der Waals surface area contributed by atoms with Gasteiger partial charge in [-0.25, -0.2) is 9.18 Å². The first-order valence-electron chi connectivity index (χ1n) is 7.95. The summed E-state index contributed by atoms with van der Waals surface area (Å²) in [6.07, 6.45) is 6.61. The lowest BCUT2D eigenvalue weighted by atomic mass is 9.84. The van der Waals surface area contributed by atoms with E-state index in [4.69, 9.17) is 5.11 Å². The summed E-state index contributed by atoms with van der Waals surface area (Å²) < 4.78 is 12.2. The molecule has 2 aliphatic heterocycles. The lowest BCUT2D eigenvalue weighted by Crippen LogP contribution is -2.48. The summed E-state index contributed by atoms with van der Waals surface area (Å²) in [5, 5.41) is 17.6. The molecule has 4 nitrogen and oxygen atoms in total. The molecule has 5 heteroatoms. The molecule has 1 aromatic rings. The van der Waals surface area contributed by atoms with E-state index in [1.54, 1.807) is 0 Å². The zero-order valence-electron chi connectivity index (χ0n) is 12.7. The molecule has 2 atom stereocenters. The summed E-state index contributed by atoms with van der Waals surface area (Å²) in [5.41, 5.74) is 0.0985. The molecule has 22 heavy (non-hydrogen) atoms. The fourth-order valence-electron chi connectivity index (χ4n) is 3.38. The molecule has 0 aliphatic carbocycles. The average Bonchev–Trinajstić information content (AvgIpc) is 2.55. The number of carboxylic acid groups (broad SMARTS) is 1. The molecular weight excluding hydrogens is 285 g/mol.